The van der Waals surface area contributed by atoms with Crippen LogP contribution in [-0.2, 0) is 6.42 Å². The molecule has 0 fully saturated rings. The first kappa shape index (κ1) is 14.5. The quantitative estimate of drug-likeness (QED) is 0.858. The highest BCUT2D eigenvalue weighted by atomic mass is 32.2. The number of aliphatic hydroxyl groups is 1. The molecule has 0 radical (unpaired) electrons. The average molecular weight is 292 g/mol. The zero-order chi connectivity index (χ0) is 13.9. The van der Waals surface area contributed by atoms with Crippen molar-refractivity contribution < 1.29 is 23.0 Å². The van der Waals surface area contributed by atoms with Crippen LogP contribution in [0.3, 0.4) is 0 Å². The summed E-state index contributed by atoms with van der Waals surface area (Å²) in [5, 5.41) is 9.79. The molecule has 1 aliphatic carbocycles. The third kappa shape index (κ3) is 4.31. The lowest BCUT2D eigenvalue weighted by atomic mass is 9.89. The van der Waals surface area contributed by atoms with E-state index in [1.165, 1.54) is 0 Å². The van der Waals surface area contributed by atoms with Crippen LogP contribution in [0.4, 0.5) is 13.2 Å². The van der Waals surface area contributed by atoms with E-state index in [9.17, 15) is 18.3 Å². The molecule has 6 heteroatoms. The van der Waals surface area contributed by atoms with Crippen molar-refractivity contribution in [1.29, 1.82) is 0 Å². The summed E-state index contributed by atoms with van der Waals surface area (Å²) in [5.41, 5.74) is -2.27. The smallest absolute Gasteiger partial charge is 0.441 e. The fourth-order valence-corrected chi connectivity index (χ4v) is 2.57. The Kier molecular flexibility index (Phi) is 4.62. The molecule has 0 aliphatic heterocycles. The summed E-state index contributed by atoms with van der Waals surface area (Å²) in [6.45, 7) is 0.0194. The molecule has 2 rings (SSSR count). The van der Waals surface area contributed by atoms with Crippen molar-refractivity contribution in [1.82, 2.24) is 0 Å². The number of halogens is 3. The van der Waals surface area contributed by atoms with E-state index in [-0.39, 0.29) is 24.1 Å². The number of aliphatic hydroxyl groups excluding tert-OH is 1. The van der Waals surface area contributed by atoms with Gasteiger partial charge in [-0.05, 0) is 54.3 Å². The number of alkyl halides is 3. The van der Waals surface area contributed by atoms with Crippen LogP contribution in [0, 0.1) is 0 Å². The fourth-order valence-electron chi connectivity index (χ4n) is 2.17. The predicted octanol–water partition coefficient (Wildman–Crippen LogP) is 3.69. The zero-order valence-electron chi connectivity index (χ0n) is 10.2. The van der Waals surface area contributed by atoms with Gasteiger partial charge in [0.25, 0.3) is 0 Å². The van der Waals surface area contributed by atoms with E-state index in [4.69, 9.17) is 4.74 Å². The fraction of sp³-hybridized carbons (Fsp3) is 0.538. The summed E-state index contributed by atoms with van der Waals surface area (Å²) in [6, 6.07) is 5.31. The van der Waals surface area contributed by atoms with E-state index >= 15 is 0 Å². The molecule has 2 nitrogen and oxygen atoms in total. The Morgan fingerprint density at radius 2 is 2.16 bits per heavy atom. The first-order chi connectivity index (χ1) is 8.96. The first-order valence-electron chi connectivity index (χ1n) is 6.10. The van der Waals surface area contributed by atoms with Gasteiger partial charge in [0, 0.05) is 5.75 Å². The van der Waals surface area contributed by atoms with Gasteiger partial charge in [0.2, 0.25) is 0 Å². The van der Waals surface area contributed by atoms with Gasteiger partial charge < -0.3 is 9.84 Å². The van der Waals surface area contributed by atoms with Crippen LogP contribution in [-0.4, -0.2) is 23.0 Å². The van der Waals surface area contributed by atoms with Crippen LogP contribution in [0.15, 0.2) is 18.2 Å². The van der Waals surface area contributed by atoms with Gasteiger partial charge in [-0.15, -0.1) is 0 Å². The molecule has 0 bridgehead atoms. The Morgan fingerprint density at radius 1 is 1.37 bits per heavy atom. The molecule has 0 heterocycles. The van der Waals surface area contributed by atoms with Gasteiger partial charge in [0.1, 0.15) is 5.75 Å². The lowest BCUT2D eigenvalue weighted by molar-refractivity contribution is -0.0329. The van der Waals surface area contributed by atoms with E-state index < -0.39 is 11.6 Å². The molecule has 0 saturated heterocycles. The second-order valence-corrected chi connectivity index (χ2v) is 5.57. The van der Waals surface area contributed by atoms with Crippen LogP contribution in [0.1, 0.15) is 30.1 Å². The molecule has 0 aromatic heterocycles. The van der Waals surface area contributed by atoms with E-state index in [1.54, 1.807) is 12.1 Å². The SMILES string of the molecule is OC1CCCc2cc(OCCSC(F)(F)F)ccc21. The van der Waals surface area contributed by atoms with Crippen molar-refractivity contribution in [3.05, 3.63) is 29.3 Å². The average Bonchev–Trinajstić information content (AvgIpc) is 2.34. The van der Waals surface area contributed by atoms with Gasteiger partial charge in [-0.25, -0.2) is 0 Å². The van der Waals surface area contributed by atoms with E-state index in [1.807, 2.05) is 6.07 Å². The summed E-state index contributed by atoms with van der Waals surface area (Å²) in [5.74, 6) is 0.444. The van der Waals surface area contributed by atoms with Crippen LogP contribution in [0.25, 0.3) is 0 Å². The highest BCUT2D eigenvalue weighted by molar-refractivity contribution is 8.00. The van der Waals surface area contributed by atoms with Crippen LogP contribution < -0.4 is 4.74 Å². The lowest BCUT2D eigenvalue weighted by Crippen LogP contribution is -2.10. The summed E-state index contributed by atoms with van der Waals surface area (Å²) < 4.78 is 41.1. The minimum atomic E-state index is -4.21. The molecule has 1 aliphatic rings. The summed E-state index contributed by atoms with van der Waals surface area (Å²) in [7, 11) is 0. The Morgan fingerprint density at radius 3 is 2.89 bits per heavy atom. The van der Waals surface area contributed by atoms with Crippen LogP contribution >= 0.6 is 11.8 Å². The lowest BCUT2D eigenvalue weighted by Gasteiger charge is -2.21. The highest BCUT2D eigenvalue weighted by Crippen LogP contribution is 2.32. The van der Waals surface area contributed by atoms with Crippen molar-refractivity contribution >= 4 is 11.8 Å². The number of hydrogen-bond acceptors (Lipinski definition) is 3. The summed E-state index contributed by atoms with van der Waals surface area (Å²) in [4.78, 5) is 0. The summed E-state index contributed by atoms with van der Waals surface area (Å²) in [6.07, 6.45) is 2.12. The third-order valence-electron chi connectivity index (χ3n) is 3.01. The second kappa shape index (κ2) is 6.05. The van der Waals surface area contributed by atoms with Crippen LogP contribution in [0.2, 0.25) is 0 Å². The molecule has 0 spiro atoms. The van der Waals surface area contributed by atoms with E-state index in [0.717, 1.165) is 30.4 Å². The Labute approximate surface area is 114 Å². The number of aryl methyl sites for hydroxylation is 1. The molecule has 1 N–H and O–H groups in total. The van der Waals surface area contributed by atoms with Gasteiger partial charge in [-0.3, -0.25) is 0 Å². The maximum absolute atomic E-state index is 11.9. The molecule has 19 heavy (non-hydrogen) atoms. The van der Waals surface area contributed by atoms with Crippen molar-refractivity contribution in [2.75, 3.05) is 12.4 Å². The Bertz CT molecular complexity index is 434. The van der Waals surface area contributed by atoms with Gasteiger partial charge in [-0.1, -0.05) is 6.07 Å². The van der Waals surface area contributed by atoms with Gasteiger partial charge in [-0.2, -0.15) is 13.2 Å². The number of benzene rings is 1. The molecule has 0 saturated carbocycles. The number of ether oxygens (including phenoxy) is 1. The number of fused-ring (bicyclic) bond motifs is 1. The number of thioether (sulfide) groups is 1. The summed E-state index contributed by atoms with van der Waals surface area (Å²) >= 11 is -0.0830. The van der Waals surface area contributed by atoms with Gasteiger partial charge in [0.15, 0.2) is 0 Å². The van der Waals surface area contributed by atoms with E-state index in [0.29, 0.717) is 5.75 Å². The molecular formula is C13H15F3O2S. The third-order valence-corrected chi connectivity index (χ3v) is 3.71. The number of rotatable bonds is 4. The monoisotopic (exact) mass is 292 g/mol. The molecule has 1 atom stereocenters. The standard InChI is InChI=1S/C13H15F3O2S/c14-13(15,16)19-7-6-18-10-4-5-11-9(8-10)2-1-3-12(11)17/h4-5,8,12,17H,1-3,6-7H2. The minimum absolute atomic E-state index is 0.0194. The maximum atomic E-state index is 11.9. The molecular weight excluding hydrogens is 277 g/mol. The maximum Gasteiger partial charge on any atom is 0.441 e. The topological polar surface area (TPSA) is 29.5 Å². The van der Waals surface area contributed by atoms with Crippen molar-refractivity contribution in [3.8, 4) is 5.75 Å². The molecule has 1 aromatic carbocycles. The minimum Gasteiger partial charge on any atom is -0.493 e. The van der Waals surface area contributed by atoms with Gasteiger partial charge in [0.05, 0.1) is 12.7 Å². The molecule has 1 unspecified atom stereocenters. The van der Waals surface area contributed by atoms with Crippen molar-refractivity contribution in [2.24, 2.45) is 0 Å². The number of hydrogen-bond donors (Lipinski definition) is 1. The van der Waals surface area contributed by atoms with Crippen molar-refractivity contribution in [2.45, 2.75) is 30.9 Å². The Balaban J connectivity index is 1.88. The largest absolute Gasteiger partial charge is 0.493 e. The Hall–Kier alpha value is -0.880. The van der Waals surface area contributed by atoms with Gasteiger partial charge >= 0.3 is 5.51 Å². The predicted molar refractivity (Wildman–Crippen MR) is 68.3 cm³/mol. The normalized spacial score (nSPS) is 19.1. The van der Waals surface area contributed by atoms with Crippen molar-refractivity contribution in [3.63, 3.8) is 0 Å². The second-order valence-electron chi connectivity index (χ2n) is 4.41. The zero-order valence-corrected chi connectivity index (χ0v) is 11.1. The first-order valence-corrected chi connectivity index (χ1v) is 7.08. The molecule has 106 valence electrons. The molecule has 0 amide bonds. The van der Waals surface area contributed by atoms with Crippen LogP contribution in [0.5, 0.6) is 5.75 Å². The van der Waals surface area contributed by atoms with E-state index in [2.05, 4.69) is 0 Å². The molecule has 1 aromatic rings. The highest BCUT2D eigenvalue weighted by Gasteiger charge is 2.27.